The van der Waals surface area contributed by atoms with Crippen molar-refractivity contribution in [1.82, 2.24) is 0 Å². The minimum Gasteiger partial charge on any atom is -0.495 e. The van der Waals surface area contributed by atoms with E-state index < -0.39 is 0 Å². The first-order valence-corrected chi connectivity index (χ1v) is 7.88. The van der Waals surface area contributed by atoms with Gasteiger partial charge in [-0.25, -0.2) is 0 Å². The van der Waals surface area contributed by atoms with Crippen LogP contribution in [0.4, 0.5) is 0 Å². The number of hydrogen-bond acceptors (Lipinski definition) is 3. The molecule has 0 aliphatic carbocycles. The van der Waals surface area contributed by atoms with E-state index in [1.807, 2.05) is 30.0 Å². The van der Waals surface area contributed by atoms with E-state index in [9.17, 15) is 0 Å². The SMILES string of the molecule is COc1cc(C(N)C2CSc3ccccc32)ccc1Cl. The van der Waals surface area contributed by atoms with Crippen molar-refractivity contribution >= 4 is 23.4 Å². The van der Waals surface area contributed by atoms with Crippen LogP contribution in [0.3, 0.4) is 0 Å². The van der Waals surface area contributed by atoms with Crippen molar-refractivity contribution in [3.05, 3.63) is 58.6 Å². The Hall–Kier alpha value is -1.16. The number of thioether (sulfide) groups is 1. The molecular formula is C16H16ClNOS. The number of benzene rings is 2. The lowest BCUT2D eigenvalue weighted by molar-refractivity contribution is 0.413. The van der Waals surface area contributed by atoms with Gasteiger partial charge in [0.05, 0.1) is 12.1 Å². The van der Waals surface area contributed by atoms with E-state index in [0.717, 1.165) is 11.3 Å². The summed E-state index contributed by atoms with van der Waals surface area (Å²) in [4.78, 5) is 1.34. The highest BCUT2D eigenvalue weighted by Crippen LogP contribution is 2.45. The summed E-state index contributed by atoms with van der Waals surface area (Å²) in [5.74, 6) is 2.03. The molecule has 0 bridgehead atoms. The number of hydrogen-bond donors (Lipinski definition) is 1. The lowest BCUT2D eigenvalue weighted by atomic mass is 9.89. The molecule has 3 rings (SSSR count). The topological polar surface area (TPSA) is 35.2 Å². The van der Waals surface area contributed by atoms with Crippen molar-refractivity contribution in [2.75, 3.05) is 12.9 Å². The molecule has 1 heterocycles. The molecule has 0 fully saturated rings. The third-order valence-electron chi connectivity index (χ3n) is 3.73. The smallest absolute Gasteiger partial charge is 0.137 e. The van der Waals surface area contributed by atoms with Gasteiger partial charge < -0.3 is 10.5 Å². The van der Waals surface area contributed by atoms with Crippen molar-refractivity contribution in [3.8, 4) is 5.75 Å². The van der Waals surface area contributed by atoms with Gasteiger partial charge in [0.25, 0.3) is 0 Å². The molecule has 0 radical (unpaired) electrons. The van der Waals surface area contributed by atoms with E-state index in [4.69, 9.17) is 22.1 Å². The summed E-state index contributed by atoms with van der Waals surface area (Å²) >= 11 is 7.95. The van der Waals surface area contributed by atoms with Crippen LogP contribution >= 0.6 is 23.4 Å². The van der Waals surface area contributed by atoms with Crippen LogP contribution in [0.2, 0.25) is 5.02 Å². The second-order valence-corrected chi connectivity index (χ2v) is 6.34. The van der Waals surface area contributed by atoms with E-state index in [1.54, 1.807) is 7.11 Å². The molecule has 2 unspecified atom stereocenters. The molecular weight excluding hydrogens is 290 g/mol. The van der Waals surface area contributed by atoms with Gasteiger partial charge in [0.2, 0.25) is 0 Å². The van der Waals surface area contributed by atoms with Crippen molar-refractivity contribution in [2.45, 2.75) is 16.9 Å². The predicted octanol–water partition coefficient (Wildman–Crippen LogP) is 4.24. The Kier molecular flexibility index (Phi) is 3.92. The van der Waals surface area contributed by atoms with Crippen molar-refractivity contribution in [3.63, 3.8) is 0 Å². The van der Waals surface area contributed by atoms with Gasteiger partial charge in [0.15, 0.2) is 0 Å². The Morgan fingerprint density at radius 2 is 2.10 bits per heavy atom. The monoisotopic (exact) mass is 305 g/mol. The van der Waals surface area contributed by atoms with Crippen molar-refractivity contribution in [2.24, 2.45) is 5.73 Å². The Morgan fingerprint density at radius 1 is 1.30 bits per heavy atom. The summed E-state index contributed by atoms with van der Waals surface area (Å²) in [5.41, 5.74) is 8.89. The van der Waals surface area contributed by atoms with Gasteiger partial charge in [-0.3, -0.25) is 0 Å². The first-order valence-electron chi connectivity index (χ1n) is 6.51. The second kappa shape index (κ2) is 5.68. The molecule has 0 saturated carbocycles. The fraction of sp³-hybridized carbons (Fsp3) is 0.250. The Bertz CT molecular complexity index is 632. The Morgan fingerprint density at radius 3 is 2.90 bits per heavy atom. The first-order chi connectivity index (χ1) is 9.70. The van der Waals surface area contributed by atoms with Crippen LogP contribution in [0.5, 0.6) is 5.75 Å². The summed E-state index contributed by atoms with van der Waals surface area (Å²) in [6.07, 6.45) is 0. The summed E-state index contributed by atoms with van der Waals surface area (Å²) in [5, 5.41) is 0.615. The van der Waals surface area contributed by atoms with E-state index in [2.05, 4.69) is 24.3 Å². The average Bonchev–Trinajstić information content (AvgIpc) is 2.91. The third-order valence-corrected chi connectivity index (χ3v) is 5.25. The molecule has 2 nitrogen and oxygen atoms in total. The maximum Gasteiger partial charge on any atom is 0.137 e. The Labute approximate surface area is 128 Å². The van der Waals surface area contributed by atoms with E-state index >= 15 is 0 Å². The molecule has 0 amide bonds. The van der Waals surface area contributed by atoms with Crippen molar-refractivity contribution < 1.29 is 4.74 Å². The van der Waals surface area contributed by atoms with Gasteiger partial charge in [-0.15, -0.1) is 11.8 Å². The average molecular weight is 306 g/mol. The molecule has 4 heteroatoms. The van der Waals surface area contributed by atoms with Gasteiger partial charge >= 0.3 is 0 Å². The van der Waals surface area contributed by atoms with Crippen LogP contribution in [0.15, 0.2) is 47.4 Å². The van der Waals surface area contributed by atoms with E-state index in [1.165, 1.54) is 10.5 Å². The highest BCUT2D eigenvalue weighted by Gasteiger charge is 2.29. The van der Waals surface area contributed by atoms with Crippen LogP contribution in [0.1, 0.15) is 23.1 Å². The number of methoxy groups -OCH3 is 1. The molecule has 20 heavy (non-hydrogen) atoms. The first kappa shape index (κ1) is 13.8. The van der Waals surface area contributed by atoms with Crippen molar-refractivity contribution in [1.29, 1.82) is 0 Å². The zero-order valence-corrected chi connectivity index (χ0v) is 12.7. The molecule has 0 spiro atoms. The van der Waals surface area contributed by atoms with Crippen LogP contribution in [0.25, 0.3) is 0 Å². The zero-order valence-electron chi connectivity index (χ0n) is 11.2. The molecule has 2 aromatic carbocycles. The lowest BCUT2D eigenvalue weighted by Crippen LogP contribution is -2.19. The fourth-order valence-corrected chi connectivity index (χ4v) is 4.10. The standard InChI is InChI=1S/C16H16ClNOS/c1-19-14-8-10(6-7-13(14)17)16(18)12-9-20-15-5-3-2-4-11(12)15/h2-8,12,16H,9,18H2,1H3. The minimum absolute atomic E-state index is 0.0442. The van der Waals surface area contributed by atoms with Gasteiger partial charge in [0, 0.05) is 22.6 Å². The number of rotatable bonds is 3. The maximum absolute atomic E-state index is 6.48. The normalized spacial score (nSPS) is 18.6. The highest BCUT2D eigenvalue weighted by atomic mass is 35.5. The fourth-order valence-electron chi connectivity index (χ4n) is 2.60. The second-order valence-electron chi connectivity index (χ2n) is 4.88. The van der Waals surface area contributed by atoms with Crippen LogP contribution in [-0.2, 0) is 0 Å². The molecule has 1 aliphatic heterocycles. The Balaban J connectivity index is 1.92. The van der Waals surface area contributed by atoms with Gasteiger partial charge in [-0.2, -0.15) is 0 Å². The number of fused-ring (bicyclic) bond motifs is 1. The largest absolute Gasteiger partial charge is 0.495 e. The quantitative estimate of drug-likeness (QED) is 0.921. The van der Waals surface area contributed by atoms with E-state index in [-0.39, 0.29) is 6.04 Å². The summed E-state index contributed by atoms with van der Waals surface area (Å²) in [6, 6.07) is 14.2. The van der Waals surface area contributed by atoms with E-state index in [0.29, 0.717) is 16.7 Å². The lowest BCUT2D eigenvalue weighted by Gasteiger charge is -2.21. The molecule has 104 valence electrons. The number of nitrogens with two attached hydrogens (primary N) is 1. The molecule has 2 aromatic rings. The van der Waals surface area contributed by atoms with Gasteiger partial charge in [-0.05, 0) is 29.3 Å². The maximum atomic E-state index is 6.48. The molecule has 2 atom stereocenters. The number of halogens is 1. The number of ether oxygens (including phenoxy) is 1. The molecule has 0 aromatic heterocycles. The zero-order chi connectivity index (χ0) is 14.1. The van der Waals surface area contributed by atoms with Crippen LogP contribution in [-0.4, -0.2) is 12.9 Å². The summed E-state index contributed by atoms with van der Waals surface area (Å²) < 4.78 is 5.28. The molecule has 2 N–H and O–H groups in total. The molecule has 1 aliphatic rings. The van der Waals surface area contributed by atoms with Crippen LogP contribution in [0, 0.1) is 0 Å². The predicted molar refractivity (Wildman–Crippen MR) is 84.8 cm³/mol. The third kappa shape index (κ3) is 2.41. The minimum atomic E-state index is -0.0442. The van der Waals surface area contributed by atoms with Gasteiger partial charge in [-0.1, -0.05) is 35.9 Å². The summed E-state index contributed by atoms with van der Waals surface area (Å²) in [7, 11) is 1.62. The van der Waals surface area contributed by atoms with Gasteiger partial charge in [0.1, 0.15) is 5.75 Å². The van der Waals surface area contributed by atoms with Crippen LogP contribution < -0.4 is 10.5 Å². The summed E-state index contributed by atoms with van der Waals surface area (Å²) in [6.45, 7) is 0. The highest BCUT2D eigenvalue weighted by molar-refractivity contribution is 7.99. The molecule has 0 saturated heterocycles.